The number of anilines is 1. The number of hydrogen-bond donors (Lipinski definition) is 5. The fourth-order valence-electron chi connectivity index (χ4n) is 6.98. The maximum Gasteiger partial charge on any atom is 0.280 e. The first-order chi connectivity index (χ1) is 20.0. The summed E-state index contributed by atoms with van der Waals surface area (Å²) in [6, 6.07) is 16.3. The molecular weight excluding hydrogens is 526 g/mol. The maximum absolute atomic E-state index is 13.0. The van der Waals surface area contributed by atoms with Crippen LogP contribution in [0.1, 0.15) is 35.9 Å². The van der Waals surface area contributed by atoms with E-state index in [1.165, 1.54) is 27.9 Å². The zero-order chi connectivity index (χ0) is 27.6. The molecule has 206 valence electrons. The summed E-state index contributed by atoms with van der Waals surface area (Å²) in [5.74, 6) is 0.167. The lowest BCUT2D eigenvalue weighted by atomic mass is 9.80. The second-order valence-electron chi connectivity index (χ2n) is 11.2. The molecule has 0 saturated carbocycles. The first-order valence-electron chi connectivity index (χ1n) is 13.7. The van der Waals surface area contributed by atoms with Gasteiger partial charge in [0.15, 0.2) is 11.2 Å². The molecular formula is C30H25N5O6. The van der Waals surface area contributed by atoms with E-state index in [9.17, 15) is 20.1 Å². The van der Waals surface area contributed by atoms with E-state index in [1.54, 1.807) is 4.57 Å². The number of rotatable bonds is 4. The molecule has 4 aromatic carbocycles. The molecule has 4 heterocycles. The fraction of sp³-hybridized carbons (Fsp3) is 0.300. The van der Waals surface area contributed by atoms with E-state index in [4.69, 9.17) is 9.47 Å². The minimum absolute atomic E-state index is 0.125. The Labute approximate surface area is 231 Å². The zero-order valence-electron chi connectivity index (χ0n) is 21.6. The predicted octanol–water partition coefficient (Wildman–Crippen LogP) is 2.63. The summed E-state index contributed by atoms with van der Waals surface area (Å²) in [6.45, 7) is -0.322. The monoisotopic (exact) mass is 551 g/mol. The molecule has 0 bridgehead atoms. The molecule has 11 nitrogen and oxygen atoms in total. The number of benzene rings is 4. The average molecular weight is 552 g/mol. The highest BCUT2D eigenvalue weighted by atomic mass is 16.6. The van der Waals surface area contributed by atoms with Gasteiger partial charge in [-0.3, -0.25) is 14.3 Å². The van der Waals surface area contributed by atoms with Crippen LogP contribution in [0.2, 0.25) is 0 Å². The van der Waals surface area contributed by atoms with Crippen LogP contribution in [0.15, 0.2) is 59.7 Å². The van der Waals surface area contributed by atoms with Crippen LogP contribution >= 0.6 is 0 Å². The molecule has 0 spiro atoms. The van der Waals surface area contributed by atoms with E-state index < -0.39 is 36.1 Å². The second kappa shape index (κ2) is 8.21. The highest BCUT2D eigenvalue weighted by Crippen LogP contribution is 2.55. The van der Waals surface area contributed by atoms with Gasteiger partial charge in [-0.15, -0.1) is 0 Å². The van der Waals surface area contributed by atoms with Crippen molar-refractivity contribution >= 4 is 49.4 Å². The van der Waals surface area contributed by atoms with E-state index in [0.717, 1.165) is 21.9 Å². The highest BCUT2D eigenvalue weighted by molar-refractivity contribution is 6.24. The number of imidazole rings is 1. The third-order valence-corrected chi connectivity index (χ3v) is 8.96. The zero-order valence-corrected chi connectivity index (χ0v) is 21.6. The Bertz CT molecular complexity index is 2060. The minimum Gasteiger partial charge on any atom is -0.394 e. The number of nitrogens with zero attached hydrogens (tertiary/aromatic N) is 3. The van der Waals surface area contributed by atoms with Gasteiger partial charge in [0.1, 0.15) is 30.6 Å². The van der Waals surface area contributed by atoms with Gasteiger partial charge in [0.05, 0.1) is 25.1 Å². The lowest BCUT2D eigenvalue weighted by molar-refractivity contribution is -0.0432. The molecule has 1 aliphatic carbocycles. The van der Waals surface area contributed by atoms with E-state index in [-0.39, 0.29) is 42.3 Å². The molecule has 3 aliphatic rings. The lowest BCUT2D eigenvalue weighted by Crippen LogP contribution is -2.35. The molecule has 7 unspecified atom stereocenters. The number of H-pyrrole nitrogens is 1. The largest absolute Gasteiger partial charge is 0.394 e. The normalized spacial score (nSPS) is 29.0. The van der Waals surface area contributed by atoms with Gasteiger partial charge < -0.3 is 30.1 Å². The third kappa shape index (κ3) is 3.23. The number of aromatic nitrogens is 4. The van der Waals surface area contributed by atoms with E-state index in [0.29, 0.717) is 0 Å². The Kier molecular flexibility index (Phi) is 4.72. The van der Waals surface area contributed by atoms with Crippen molar-refractivity contribution in [1.82, 2.24) is 19.5 Å². The number of ether oxygens (including phenoxy) is 2. The van der Waals surface area contributed by atoms with Crippen LogP contribution in [-0.2, 0) is 9.47 Å². The number of aliphatic hydroxyl groups excluding tert-OH is 3. The van der Waals surface area contributed by atoms with Gasteiger partial charge >= 0.3 is 0 Å². The summed E-state index contributed by atoms with van der Waals surface area (Å²) < 4.78 is 13.4. The quantitative estimate of drug-likeness (QED) is 0.164. The van der Waals surface area contributed by atoms with Crippen molar-refractivity contribution in [2.75, 3.05) is 11.9 Å². The Morgan fingerprint density at radius 3 is 2.66 bits per heavy atom. The first-order valence-corrected chi connectivity index (χ1v) is 13.7. The van der Waals surface area contributed by atoms with Crippen LogP contribution in [0.5, 0.6) is 0 Å². The predicted molar refractivity (Wildman–Crippen MR) is 150 cm³/mol. The highest BCUT2D eigenvalue weighted by Gasteiger charge is 2.55. The van der Waals surface area contributed by atoms with E-state index >= 15 is 0 Å². The Balaban J connectivity index is 1.17. The van der Waals surface area contributed by atoms with E-state index in [2.05, 4.69) is 68.8 Å². The van der Waals surface area contributed by atoms with Crippen molar-refractivity contribution in [3.8, 4) is 0 Å². The van der Waals surface area contributed by atoms with Crippen molar-refractivity contribution in [1.29, 1.82) is 0 Å². The van der Waals surface area contributed by atoms with Crippen molar-refractivity contribution in [2.24, 2.45) is 0 Å². The van der Waals surface area contributed by atoms with Crippen LogP contribution in [0.25, 0.3) is 43.5 Å². The number of hydrogen-bond acceptors (Lipinski definition) is 9. The minimum atomic E-state index is -0.870. The summed E-state index contributed by atoms with van der Waals surface area (Å²) in [5, 5.41) is 41.3. The fourth-order valence-corrected chi connectivity index (χ4v) is 6.98. The number of aromatic amines is 1. The molecule has 2 fully saturated rings. The van der Waals surface area contributed by atoms with Crippen molar-refractivity contribution in [3.05, 3.63) is 76.3 Å². The molecule has 2 aromatic heterocycles. The molecule has 0 amide bonds. The van der Waals surface area contributed by atoms with Gasteiger partial charge in [0.25, 0.3) is 5.56 Å². The van der Waals surface area contributed by atoms with Crippen LogP contribution < -0.4 is 10.9 Å². The van der Waals surface area contributed by atoms with Crippen LogP contribution in [0.3, 0.4) is 0 Å². The number of aliphatic hydroxyl groups is 3. The van der Waals surface area contributed by atoms with Crippen LogP contribution in [0, 0.1) is 0 Å². The van der Waals surface area contributed by atoms with Crippen LogP contribution in [-0.4, -0.2) is 65.9 Å². The smallest absolute Gasteiger partial charge is 0.280 e. The summed E-state index contributed by atoms with van der Waals surface area (Å²) in [7, 11) is 0. The third-order valence-electron chi connectivity index (χ3n) is 8.96. The van der Waals surface area contributed by atoms with Gasteiger partial charge in [0.2, 0.25) is 5.95 Å². The molecule has 7 atom stereocenters. The van der Waals surface area contributed by atoms with Gasteiger partial charge in [-0.2, -0.15) is 4.98 Å². The molecule has 0 radical (unpaired) electrons. The topological polar surface area (TPSA) is 158 Å². The molecule has 11 heteroatoms. The van der Waals surface area contributed by atoms with E-state index in [1.807, 2.05) is 0 Å². The summed E-state index contributed by atoms with van der Waals surface area (Å²) in [6.07, 6.45) is -1.98. The van der Waals surface area contributed by atoms with Gasteiger partial charge in [-0.25, -0.2) is 4.98 Å². The molecule has 2 aliphatic heterocycles. The number of epoxide rings is 1. The summed E-state index contributed by atoms with van der Waals surface area (Å²) >= 11 is 0. The molecule has 9 rings (SSSR count). The molecule has 41 heavy (non-hydrogen) atoms. The molecule has 5 N–H and O–H groups in total. The Morgan fingerprint density at radius 1 is 1.05 bits per heavy atom. The van der Waals surface area contributed by atoms with Crippen molar-refractivity contribution < 1.29 is 24.8 Å². The maximum atomic E-state index is 13.0. The van der Waals surface area contributed by atoms with Crippen molar-refractivity contribution in [2.45, 2.75) is 49.2 Å². The van der Waals surface area contributed by atoms with Crippen LogP contribution in [0.4, 0.5) is 5.95 Å². The van der Waals surface area contributed by atoms with Gasteiger partial charge in [-0.1, -0.05) is 42.5 Å². The standard InChI is InChI=1S/C30H25N5O6/c36-10-18-17(37)9-19(40-18)35-11-31-24-28(35)33-30(34-29(24)39)32-23-16-8-14-5-4-12-2-1-3-13-6-7-15(21(14)20(12)13)22(16)26-27(41-26)25(23)38/h1-8,11,17-19,23,25-27,36-38H,9-10H2,(H2,32,33,34,39). The lowest BCUT2D eigenvalue weighted by Gasteiger charge is -2.30. The SMILES string of the molecule is O=c1[nH]c(NC2c3cc4ccc5cccc6ccc(c3C3OC3C2O)c4c56)nc2c1ncn2C1CC(O)C(CO)O1. The first kappa shape index (κ1) is 23.6. The second-order valence-corrected chi connectivity index (χ2v) is 11.2. The average Bonchev–Trinajstić information content (AvgIpc) is 3.52. The number of nitrogens with one attached hydrogen (secondary N) is 2. The molecule has 2 saturated heterocycles. The van der Waals surface area contributed by atoms with Gasteiger partial charge in [-0.05, 0) is 49.5 Å². The number of fused-ring (bicyclic) bond motifs is 5. The summed E-state index contributed by atoms with van der Waals surface area (Å²) in [4.78, 5) is 24.6. The van der Waals surface area contributed by atoms with Crippen molar-refractivity contribution in [3.63, 3.8) is 0 Å². The van der Waals surface area contributed by atoms with Gasteiger partial charge in [0, 0.05) is 6.42 Å². The Morgan fingerprint density at radius 2 is 1.85 bits per heavy atom. The Hall–Kier alpha value is -4.13. The summed E-state index contributed by atoms with van der Waals surface area (Å²) in [5.41, 5.74) is 1.88. The molecule has 6 aromatic rings.